The van der Waals surface area contributed by atoms with Crippen LogP contribution in [0.5, 0.6) is 0 Å². The van der Waals surface area contributed by atoms with Gasteiger partial charge in [0, 0.05) is 54.7 Å². The predicted molar refractivity (Wildman–Crippen MR) is 102 cm³/mol. The van der Waals surface area contributed by atoms with E-state index in [1.54, 1.807) is 12.3 Å². The van der Waals surface area contributed by atoms with E-state index < -0.39 is 0 Å². The Morgan fingerprint density at radius 3 is 2.54 bits per heavy atom. The minimum atomic E-state index is -0.328. The number of likely N-dealkylation sites (N-methyl/N-ethyl adjacent to an activating group) is 1. The molecule has 3 aromatic rings. The van der Waals surface area contributed by atoms with E-state index in [0.717, 1.165) is 31.9 Å². The maximum atomic E-state index is 13.3. The summed E-state index contributed by atoms with van der Waals surface area (Å²) in [6, 6.07) is 12.3. The molecular formula is C20H21FN4O. The van der Waals surface area contributed by atoms with Crippen molar-refractivity contribution in [1.29, 1.82) is 0 Å². The molecule has 26 heavy (non-hydrogen) atoms. The van der Waals surface area contributed by atoms with Gasteiger partial charge in [0.15, 0.2) is 0 Å². The van der Waals surface area contributed by atoms with E-state index in [9.17, 15) is 9.18 Å². The molecule has 2 N–H and O–H groups in total. The summed E-state index contributed by atoms with van der Waals surface area (Å²) in [4.78, 5) is 20.2. The molecule has 0 unspecified atom stereocenters. The van der Waals surface area contributed by atoms with E-state index in [2.05, 4.69) is 27.1 Å². The molecule has 1 aliphatic heterocycles. The molecule has 4 rings (SSSR count). The lowest BCUT2D eigenvalue weighted by Crippen LogP contribution is -2.44. The van der Waals surface area contributed by atoms with Crippen molar-refractivity contribution in [2.75, 3.05) is 43.4 Å². The standard InChI is InChI=1S/C20H21FN4O/c1-24-8-10-25(11-9-24)16-5-3-15(4-6-16)23-20(26)18-13-22-19-12-14(21)2-7-17(18)19/h2-7,12-13,22H,8-11H2,1H3,(H,23,26). The first-order valence-electron chi connectivity index (χ1n) is 8.72. The summed E-state index contributed by atoms with van der Waals surface area (Å²) in [5.74, 6) is -0.541. The molecule has 1 aliphatic rings. The lowest BCUT2D eigenvalue weighted by atomic mass is 10.1. The number of aromatic amines is 1. The normalized spacial score (nSPS) is 15.4. The number of benzene rings is 2. The molecule has 2 aromatic carbocycles. The third kappa shape index (κ3) is 3.28. The van der Waals surface area contributed by atoms with Crippen molar-refractivity contribution in [3.63, 3.8) is 0 Å². The number of carbonyl (C=O) groups excluding carboxylic acids is 1. The minimum absolute atomic E-state index is 0.213. The number of nitrogens with one attached hydrogen (secondary N) is 2. The largest absolute Gasteiger partial charge is 0.369 e. The fraction of sp³-hybridized carbons (Fsp3) is 0.250. The summed E-state index contributed by atoms with van der Waals surface area (Å²) in [5.41, 5.74) is 3.02. The first-order chi connectivity index (χ1) is 12.6. The first kappa shape index (κ1) is 16.6. The number of fused-ring (bicyclic) bond motifs is 1. The summed E-state index contributed by atoms with van der Waals surface area (Å²) in [6.45, 7) is 4.13. The van der Waals surface area contributed by atoms with Crippen LogP contribution in [0.1, 0.15) is 10.4 Å². The second kappa shape index (κ2) is 6.80. The zero-order valence-electron chi connectivity index (χ0n) is 14.6. The molecule has 0 saturated carbocycles. The van der Waals surface area contributed by atoms with E-state index in [4.69, 9.17) is 0 Å². The van der Waals surface area contributed by atoms with Gasteiger partial charge in [-0.25, -0.2) is 4.39 Å². The van der Waals surface area contributed by atoms with Gasteiger partial charge in [-0.3, -0.25) is 4.79 Å². The van der Waals surface area contributed by atoms with Crippen LogP contribution in [0.25, 0.3) is 10.9 Å². The molecule has 6 heteroatoms. The summed E-state index contributed by atoms with van der Waals surface area (Å²) in [5, 5.41) is 3.62. The van der Waals surface area contributed by atoms with Gasteiger partial charge < -0.3 is 20.1 Å². The number of hydrogen-bond donors (Lipinski definition) is 2. The van der Waals surface area contributed by atoms with Crippen LogP contribution in [0.4, 0.5) is 15.8 Å². The molecule has 0 spiro atoms. The molecule has 0 aliphatic carbocycles. The van der Waals surface area contributed by atoms with Crippen LogP contribution in [0.15, 0.2) is 48.7 Å². The monoisotopic (exact) mass is 352 g/mol. The zero-order chi connectivity index (χ0) is 18.1. The lowest BCUT2D eigenvalue weighted by molar-refractivity contribution is 0.102. The van der Waals surface area contributed by atoms with E-state index in [-0.39, 0.29) is 11.7 Å². The predicted octanol–water partition coefficient (Wildman–Crippen LogP) is 3.31. The Bertz CT molecular complexity index is 927. The number of amides is 1. The van der Waals surface area contributed by atoms with Crippen LogP contribution in [-0.4, -0.2) is 49.0 Å². The van der Waals surface area contributed by atoms with Gasteiger partial charge in [-0.05, 0) is 49.5 Å². The third-order valence-electron chi connectivity index (χ3n) is 4.88. The van der Waals surface area contributed by atoms with E-state index in [1.807, 2.05) is 24.3 Å². The van der Waals surface area contributed by atoms with E-state index in [0.29, 0.717) is 16.5 Å². The van der Waals surface area contributed by atoms with Crippen molar-refractivity contribution in [1.82, 2.24) is 9.88 Å². The van der Waals surface area contributed by atoms with Crippen molar-refractivity contribution >= 4 is 28.2 Å². The number of hydrogen-bond acceptors (Lipinski definition) is 3. The maximum Gasteiger partial charge on any atom is 0.257 e. The second-order valence-corrected chi connectivity index (χ2v) is 6.68. The van der Waals surface area contributed by atoms with Gasteiger partial charge in [-0.1, -0.05) is 0 Å². The molecule has 1 fully saturated rings. The Morgan fingerprint density at radius 2 is 1.81 bits per heavy atom. The number of carbonyl (C=O) groups is 1. The maximum absolute atomic E-state index is 13.3. The Kier molecular flexibility index (Phi) is 4.34. The van der Waals surface area contributed by atoms with Crippen molar-refractivity contribution < 1.29 is 9.18 Å². The van der Waals surface area contributed by atoms with Gasteiger partial charge in [0.2, 0.25) is 0 Å². The second-order valence-electron chi connectivity index (χ2n) is 6.68. The third-order valence-corrected chi connectivity index (χ3v) is 4.88. The average Bonchev–Trinajstić information content (AvgIpc) is 3.06. The molecule has 1 saturated heterocycles. The van der Waals surface area contributed by atoms with Gasteiger partial charge in [0.05, 0.1) is 5.56 Å². The number of H-pyrrole nitrogens is 1. The number of aromatic nitrogens is 1. The van der Waals surface area contributed by atoms with Crippen molar-refractivity contribution in [2.45, 2.75) is 0 Å². The highest BCUT2D eigenvalue weighted by atomic mass is 19.1. The highest BCUT2D eigenvalue weighted by Crippen LogP contribution is 2.22. The molecule has 0 atom stereocenters. The Labute approximate surface area is 151 Å². The van der Waals surface area contributed by atoms with Gasteiger partial charge in [0.25, 0.3) is 5.91 Å². The SMILES string of the molecule is CN1CCN(c2ccc(NC(=O)c3c[nH]c4cc(F)ccc34)cc2)CC1. The molecule has 134 valence electrons. The molecule has 0 radical (unpaired) electrons. The molecule has 0 bridgehead atoms. The minimum Gasteiger partial charge on any atom is -0.369 e. The van der Waals surface area contributed by atoms with Gasteiger partial charge in [0.1, 0.15) is 5.82 Å². The fourth-order valence-corrected chi connectivity index (χ4v) is 3.30. The number of piperazine rings is 1. The Hall–Kier alpha value is -2.86. The number of halogens is 1. The quantitative estimate of drug-likeness (QED) is 0.760. The van der Waals surface area contributed by atoms with Crippen molar-refractivity contribution in [2.24, 2.45) is 0 Å². The van der Waals surface area contributed by atoms with Crippen LogP contribution in [0.3, 0.4) is 0 Å². The average molecular weight is 352 g/mol. The molecule has 1 aromatic heterocycles. The Morgan fingerprint density at radius 1 is 1.08 bits per heavy atom. The topological polar surface area (TPSA) is 51.4 Å². The molecular weight excluding hydrogens is 331 g/mol. The Balaban J connectivity index is 1.47. The summed E-state index contributed by atoms with van der Waals surface area (Å²) in [7, 11) is 2.13. The fourth-order valence-electron chi connectivity index (χ4n) is 3.30. The van der Waals surface area contributed by atoms with Gasteiger partial charge >= 0.3 is 0 Å². The number of rotatable bonds is 3. The van der Waals surface area contributed by atoms with Crippen LogP contribution in [0.2, 0.25) is 0 Å². The van der Waals surface area contributed by atoms with Crippen LogP contribution >= 0.6 is 0 Å². The first-order valence-corrected chi connectivity index (χ1v) is 8.72. The summed E-state index contributed by atoms with van der Waals surface area (Å²) >= 11 is 0. The van der Waals surface area contributed by atoms with Crippen molar-refractivity contribution in [3.8, 4) is 0 Å². The van der Waals surface area contributed by atoms with E-state index >= 15 is 0 Å². The number of nitrogens with zero attached hydrogens (tertiary/aromatic N) is 2. The molecule has 2 heterocycles. The van der Waals surface area contributed by atoms with Crippen LogP contribution in [0, 0.1) is 5.82 Å². The van der Waals surface area contributed by atoms with Crippen LogP contribution in [-0.2, 0) is 0 Å². The van der Waals surface area contributed by atoms with Crippen molar-refractivity contribution in [3.05, 3.63) is 60.0 Å². The summed E-state index contributed by atoms with van der Waals surface area (Å²) < 4.78 is 13.3. The molecule has 1 amide bonds. The zero-order valence-corrected chi connectivity index (χ0v) is 14.6. The smallest absolute Gasteiger partial charge is 0.257 e. The van der Waals surface area contributed by atoms with Crippen LogP contribution < -0.4 is 10.2 Å². The summed E-state index contributed by atoms with van der Waals surface area (Å²) in [6.07, 6.45) is 1.61. The lowest BCUT2D eigenvalue weighted by Gasteiger charge is -2.34. The highest BCUT2D eigenvalue weighted by molar-refractivity contribution is 6.12. The number of anilines is 2. The van der Waals surface area contributed by atoms with E-state index in [1.165, 1.54) is 17.8 Å². The van der Waals surface area contributed by atoms with Gasteiger partial charge in [-0.15, -0.1) is 0 Å². The molecule has 5 nitrogen and oxygen atoms in total. The van der Waals surface area contributed by atoms with Gasteiger partial charge in [-0.2, -0.15) is 0 Å². The highest BCUT2D eigenvalue weighted by Gasteiger charge is 2.15.